The molecule has 0 bridgehead atoms. The van der Waals surface area contributed by atoms with Crippen LogP contribution in [0.4, 0.5) is 0 Å². The first-order valence-electron chi connectivity index (χ1n) is 5.16. The number of rotatable bonds is 3. The summed E-state index contributed by atoms with van der Waals surface area (Å²) >= 11 is 0. The van der Waals surface area contributed by atoms with Crippen LogP contribution in [0.3, 0.4) is 0 Å². The Kier molecular flexibility index (Phi) is 2.99. The van der Waals surface area contributed by atoms with E-state index < -0.39 is 12.2 Å². The molecule has 0 amide bonds. The van der Waals surface area contributed by atoms with Gasteiger partial charge < -0.3 is 10.2 Å². The summed E-state index contributed by atoms with van der Waals surface area (Å²) in [6, 6.07) is 0. The molecule has 0 radical (unpaired) electrons. The maximum Gasteiger partial charge on any atom is 0.140 e. The van der Waals surface area contributed by atoms with Gasteiger partial charge in [0.15, 0.2) is 0 Å². The van der Waals surface area contributed by atoms with Crippen molar-refractivity contribution in [1.29, 1.82) is 0 Å². The molecule has 2 rings (SSSR count). The SMILES string of the molecule is CCn1ncnc1CN1CC(O)C(O)C1. The van der Waals surface area contributed by atoms with Crippen molar-refractivity contribution in [1.82, 2.24) is 19.7 Å². The lowest BCUT2D eigenvalue weighted by molar-refractivity contribution is 0.0572. The van der Waals surface area contributed by atoms with Gasteiger partial charge in [0.2, 0.25) is 0 Å². The zero-order valence-electron chi connectivity index (χ0n) is 8.74. The monoisotopic (exact) mass is 212 g/mol. The van der Waals surface area contributed by atoms with Gasteiger partial charge in [-0.1, -0.05) is 0 Å². The summed E-state index contributed by atoms with van der Waals surface area (Å²) in [7, 11) is 0. The molecule has 15 heavy (non-hydrogen) atoms. The van der Waals surface area contributed by atoms with Crippen LogP contribution in [0.2, 0.25) is 0 Å². The number of aryl methyl sites for hydroxylation is 1. The Morgan fingerprint density at radius 3 is 2.67 bits per heavy atom. The predicted octanol–water partition coefficient (Wildman–Crippen LogP) is -1.16. The molecule has 1 saturated heterocycles. The van der Waals surface area contributed by atoms with E-state index in [2.05, 4.69) is 10.1 Å². The van der Waals surface area contributed by atoms with E-state index in [9.17, 15) is 10.2 Å². The van der Waals surface area contributed by atoms with Gasteiger partial charge in [-0.25, -0.2) is 9.67 Å². The van der Waals surface area contributed by atoms with E-state index in [1.807, 2.05) is 16.5 Å². The number of aliphatic hydroxyl groups excluding tert-OH is 2. The molecule has 2 unspecified atom stereocenters. The molecule has 6 heteroatoms. The highest BCUT2D eigenvalue weighted by molar-refractivity contribution is 4.90. The Morgan fingerprint density at radius 1 is 1.40 bits per heavy atom. The van der Waals surface area contributed by atoms with Gasteiger partial charge in [-0.15, -0.1) is 0 Å². The summed E-state index contributed by atoms with van der Waals surface area (Å²) < 4.78 is 1.82. The fraction of sp³-hybridized carbons (Fsp3) is 0.778. The normalized spacial score (nSPS) is 27.4. The average molecular weight is 212 g/mol. The Labute approximate surface area is 88.2 Å². The summed E-state index contributed by atoms with van der Waals surface area (Å²) in [6.45, 7) is 4.41. The summed E-state index contributed by atoms with van der Waals surface area (Å²) in [6.07, 6.45) is 0.257. The van der Waals surface area contributed by atoms with Crippen LogP contribution in [0.25, 0.3) is 0 Å². The van der Waals surface area contributed by atoms with Crippen LogP contribution in [0, 0.1) is 0 Å². The second-order valence-corrected chi connectivity index (χ2v) is 3.82. The Morgan fingerprint density at radius 2 is 2.07 bits per heavy atom. The molecule has 1 aliphatic rings. The molecule has 6 nitrogen and oxygen atoms in total. The van der Waals surface area contributed by atoms with Crippen molar-refractivity contribution in [2.75, 3.05) is 13.1 Å². The molecule has 2 atom stereocenters. The van der Waals surface area contributed by atoms with E-state index in [0.29, 0.717) is 19.6 Å². The maximum atomic E-state index is 9.39. The standard InChI is InChI=1S/C9H16N4O2/c1-2-13-9(10-6-11-13)5-12-3-7(14)8(15)4-12/h6-8,14-15H,2-5H2,1H3. The third-order valence-corrected chi connectivity index (χ3v) is 2.69. The summed E-state index contributed by atoms with van der Waals surface area (Å²) in [5.74, 6) is 0.874. The van der Waals surface area contributed by atoms with Gasteiger partial charge in [0.25, 0.3) is 0 Å². The summed E-state index contributed by atoms with van der Waals surface area (Å²) in [5, 5.41) is 22.8. The Balaban J connectivity index is 1.98. The van der Waals surface area contributed by atoms with Crippen molar-refractivity contribution in [3.63, 3.8) is 0 Å². The van der Waals surface area contributed by atoms with Gasteiger partial charge in [-0.3, -0.25) is 4.90 Å². The van der Waals surface area contributed by atoms with E-state index in [0.717, 1.165) is 12.4 Å². The van der Waals surface area contributed by atoms with Gasteiger partial charge in [0.1, 0.15) is 12.2 Å². The molecule has 0 aliphatic carbocycles. The molecule has 0 saturated carbocycles. The minimum Gasteiger partial charge on any atom is -0.389 e. The minimum atomic E-state index is -0.636. The van der Waals surface area contributed by atoms with Crippen LogP contribution in [-0.4, -0.2) is 55.2 Å². The van der Waals surface area contributed by atoms with Crippen LogP contribution in [-0.2, 0) is 13.1 Å². The highest BCUT2D eigenvalue weighted by Crippen LogP contribution is 2.12. The van der Waals surface area contributed by atoms with E-state index >= 15 is 0 Å². The van der Waals surface area contributed by atoms with Crippen molar-refractivity contribution in [3.8, 4) is 0 Å². The van der Waals surface area contributed by atoms with Gasteiger partial charge in [-0.05, 0) is 6.92 Å². The van der Waals surface area contributed by atoms with Crippen molar-refractivity contribution in [2.24, 2.45) is 0 Å². The van der Waals surface area contributed by atoms with Crippen LogP contribution >= 0.6 is 0 Å². The number of aliphatic hydroxyl groups is 2. The first-order chi connectivity index (χ1) is 7.20. The van der Waals surface area contributed by atoms with Crippen LogP contribution in [0.5, 0.6) is 0 Å². The molecule has 0 spiro atoms. The molecule has 2 heterocycles. The van der Waals surface area contributed by atoms with Crippen molar-refractivity contribution in [2.45, 2.75) is 32.2 Å². The number of aromatic nitrogens is 3. The van der Waals surface area contributed by atoms with Crippen LogP contribution in [0.15, 0.2) is 6.33 Å². The first kappa shape index (κ1) is 10.5. The Bertz CT molecular complexity index is 318. The van der Waals surface area contributed by atoms with Crippen LogP contribution < -0.4 is 0 Å². The predicted molar refractivity (Wildman–Crippen MR) is 53.0 cm³/mol. The number of hydrogen-bond donors (Lipinski definition) is 2. The number of hydrogen-bond acceptors (Lipinski definition) is 5. The zero-order chi connectivity index (χ0) is 10.8. The highest BCUT2D eigenvalue weighted by atomic mass is 16.3. The quantitative estimate of drug-likeness (QED) is 0.661. The molecule has 1 fully saturated rings. The van der Waals surface area contributed by atoms with Gasteiger partial charge in [0.05, 0.1) is 18.8 Å². The highest BCUT2D eigenvalue weighted by Gasteiger charge is 2.29. The van der Waals surface area contributed by atoms with Gasteiger partial charge in [-0.2, -0.15) is 5.10 Å². The van der Waals surface area contributed by atoms with Crippen molar-refractivity contribution in [3.05, 3.63) is 12.2 Å². The van der Waals surface area contributed by atoms with E-state index in [-0.39, 0.29) is 0 Å². The lowest BCUT2D eigenvalue weighted by Gasteiger charge is -2.13. The van der Waals surface area contributed by atoms with Crippen LogP contribution in [0.1, 0.15) is 12.7 Å². The smallest absolute Gasteiger partial charge is 0.140 e. The molecule has 1 aliphatic heterocycles. The molecular formula is C9H16N4O2. The lowest BCUT2D eigenvalue weighted by atomic mass is 10.3. The minimum absolute atomic E-state index is 0.498. The largest absolute Gasteiger partial charge is 0.389 e. The molecule has 84 valence electrons. The fourth-order valence-corrected chi connectivity index (χ4v) is 1.85. The fourth-order valence-electron chi connectivity index (χ4n) is 1.85. The second-order valence-electron chi connectivity index (χ2n) is 3.82. The van der Waals surface area contributed by atoms with E-state index in [4.69, 9.17) is 0 Å². The number of β-amino-alcohol motifs (C(OH)–C–C–N with tert-alkyl or cyclic N) is 2. The third-order valence-electron chi connectivity index (χ3n) is 2.69. The average Bonchev–Trinajstić information content (AvgIpc) is 2.75. The lowest BCUT2D eigenvalue weighted by Crippen LogP contribution is -2.23. The molecular weight excluding hydrogens is 196 g/mol. The summed E-state index contributed by atoms with van der Waals surface area (Å²) in [4.78, 5) is 6.13. The van der Waals surface area contributed by atoms with Crippen molar-refractivity contribution < 1.29 is 10.2 Å². The number of nitrogens with zero attached hydrogens (tertiary/aromatic N) is 4. The summed E-state index contributed by atoms with van der Waals surface area (Å²) in [5.41, 5.74) is 0. The van der Waals surface area contributed by atoms with E-state index in [1.54, 1.807) is 0 Å². The molecule has 1 aromatic rings. The third kappa shape index (κ3) is 2.17. The van der Waals surface area contributed by atoms with Gasteiger partial charge in [0, 0.05) is 19.6 Å². The Hall–Kier alpha value is -0.980. The van der Waals surface area contributed by atoms with Gasteiger partial charge >= 0.3 is 0 Å². The molecule has 0 aromatic carbocycles. The van der Waals surface area contributed by atoms with Crippen molar-refractivity contribution >= 4 is 0 Å². The first-order valence-corrected chi connectivity index (χ1v) is 5.16. The zero-order valence-corrected chi connectivity index (χ0v) is 8.74. The topological polar surface area (TPSA) is 74.4 Å². The maximum absolute atomic E-state index is 9.39. The molecule has 1 aromatic heterocycles. The second kappa shape index (κ2) is 4.26. The molecule has 2 N–H and O–H groups in total. The van der Waals surface area contributed by atoms with E-state index in [1.165, 1.54) is 6.33 Å². The number of likely N-dealkylation sites (tertiary alicyclic amines) is 1.